The molecule has 0 bridgehead atoms. The van der Waals surface area contributed by atoms with Crippen LogP contribution in [0.25, 0.3) is 0 Å². The third kappa shape index (κ3) is 7.32. The summed E-state index contributed by atoms with van der Waals surface area (Å²) in [6.07, 6.45) is 1.71. The molecule has 0 saturated heterocycles. The molecule has 0 heterocycles. The van der Waals surface area contributed by atoms with E-state index in [9.17, 15) is 29.8 Å². The van der Waals surface area contributed by atoms with Gasteiger partial charge in [-0.15, -0.1) is 0 Å². The van der Waals surface area contributed by atoms with Crippen LogP contribution in [0.5, 0.6) is 0 Å². The van der Waals surface area contributed by atoms with Crippen LogP contribution in [-0.4, -0.2) is 33.9 Å². The summed E-state index contributed by atoms with van der Waals surface area (Å²) >= 11 is 0. The molecule has 0 fully saturated rings. The Bertz CT molecular complexity index is 935. The number of nitrogens with zero attached hydrogens (tertiary/aromatic N) is 2. The van der Waals surface area contributed by atoms with Crippen LogP contribution in [-0.2, 0) is 32.3 Å². The number of nitro benzene ring substituents is 2. The van der Waals surface area contributed by atoms with Gasteiger partial charge in [-0.25, -0.2) is 9.59 Å². The fourth-order valence-corrected chi connectivity index (χ4v) is 3.00. The Hall–Kier alpha value is -3.90. The van der Waals surface area contributed by atoms with Crippen molar-refractivity contribution in [2.45, 2.75) is 44.4 Å². The third-order valence-electron chi connectivity index (χ3n) is 5.04. The summed E-state index contributed by atoms with van der Waals surface area (Å²) in [6, 6.07) is 10.8. The number of non-ortho nitro benzene ring substituents is 2. The third-order valence-corrected chi connectivity index (χ3v) is 5.04. The lowest BCUT2D eigenvalue weighted by Gasteiger charge is -2.25. The quantitative estimate of drug-likeness (QED) is 0.143. The van der Waals surface area contributed by atoms with E-state index in [1.54, 1.807) is 0 Å². The molecule has 0 aromatic heterocycles. The fourth-order valence-electron chi connectivity index (χ4n) is 3.00. The average molecular weight is 474 g/mol. The maximum absolute atomic E-state index is 12.8. The summed E-state index contributed by atoms with van der Waals surface area (Å²) in [7, 11) is 0. The van der Waals surface area contributed by atoms with Gasteiger partial charge < -0.3 is 20.9 Å². The molecule has 0 spiro atoms. The minimum Gasteiger partial charge on any atom is -0.459 e. The van der Waals surface area contributed by atoms with Crippen molar-refractivity contribution in [2.24, 2.45) is 11.5 Å². The molecule has 0 unspecified atom stereocenters. The van der Waals surface area contributed by atoms with Crippen molar-refractivity contribution < 1.29 is 28.9 Å². The van der Waals surface area contributed by atoms with Crippen LogP contribution >= 0.6 is 0 Å². The maximum atomic E-state index is 12.8. The molecule has 4 N–H and O–H groups in total. The van der Waals surface area contributed by atoms with Gasteiger partial charge in [0.25, 0.3) is 11.4 Å². The summed E-state index contributed by atoms with van der Waals surface area (Å²) in [6.45, 7) is -0.0326. The molecule has 12 heteroatoms. The van der Waals surface area contributed by atoms with Gasteiger partial charge in [-0.2, -0.15) is 0 Å². The zero-order valence-electron chi connectivity index (χ0n) is 18.4. The van der Waals surface area contributed by atoms with Gasteiger partial charge in [0, 0.05) is 24.3 Å². The van der Waals surface area contributed by atoms with Crippen LogP contribution in [0.15, 0.2) is 48.5 Å². The van der Waals surface area contributed by atoms with E-state index in [4.69, 9.17) is 20.9 Å². The number of carbonyl (C=O) groups is 2. The van der Waals surface area contributed by atoms with E-state index in [0.717, 1.165) is 0 Å². The van der Waals surface area contributed by atoms with Crippen LogP contribution in [0.3, 0.4) is 0 Å². The molecule has 0 saturated carbocycles. The first-order valence-electron chi connectivity index (χ1n) is 10.5. The number of esters is 2. The topological polar surface area (TPSA) is 191 Å². The number of rotatable bonds is 13. The van der Waals surface area contributed by atoms with E-state index in [-0.39, 0.29) is 31.0 Å². The fraction of sp³-hybridized carbons (Fsp3) is 0.364. The second-order valence-electron chi connectivity index (χ2n) is 7.57. The molecule has 2 aromatic rings. The first-order valence-corrected chi connectivity index (χ1v) is 10.5. The number of unbranched alkanes of at least 4 members (excludes halogenated alkanes) is 2. The first kappa shape index (κ1) is 26.4. The predicted molar refractivity (Wildman–Crippen MR) is 120 cm³/mol. The molecule has 182 valence electrons. The number of carbonyl (C=O) groups excluding carboxylic acids is 2. The van der Waals surface area contributed by atoms with Crippen molar-refractivity contribution in [3.05, 3.63) is 79.9 Å². The van der Waals surface area contributed by atoms with E-state index >= 15 is 0 Å². The van der Waals surface area contributed by atoms with Gasteiger partial charge in [-0.05, 0) is 54.8 Å². The lowest BCUT2D eigenvalue weighted by atomic mass is 9.93. The summed E-state index contributed by atoms with van der Waals surface area (Å²) in [5.41, 5.74) is 10.3. The largest absolute Gasteiger partial charge is 0.459 e. The van der Waals surface area contributed by atoms with Crippen molar-refractivity contribution in [1.82, 2.24) is 0 Å². The van der Waals surface area contributed by atoms with Gasteiger partial charge in [-0.1, -0.05) is 12.8 Å². The Morgan fingerprint density at radius 3 is 1.53 bits per heavy atom. The van der Waals surface area contributed by atoms with Crippen molar-refractivity contribution in [3.63, 3.8) is 0 Å². The van der Waals surface area contributed by atoms with Gasteiger partial charge >= 0.3 is 11.9 Å². The molecule has 0 aliphatic heterocycles. The van der Waals surface area contributed by atoms with Crippen LogP contribution in [0.4, 0.5) is 11.4 Å². The Morgan fingerprint density at radius 2 is 1.18 bits per heavy atom. The first-order chi connectivity index (χ1) is 16.2. The van der Waals surface area contributed by atoms with E-state index < -0.39 is 27.3 Å². The predicted octanol–water partition coefficient (Wildman–Crippen LogP) is 2.51. The Kier molecular flexibility index (Phi) is 9.59. The molecular formula is C22H26N4O8. The molecule has 34 heavy (non-hydrogen) atoms. The van der Waals surface area contributed by atoms with Gasteiger partial charge in [0.15, 0.2) is 0 Å². The number of benzene rings is 2. The molecule has 0 amide bonds. The van der Waals surface area contributed by atoms with Gasteiger partial charge in [-0.3, -0.25) is 20.2 Å². The standard InChI is InChI=1S/C22H26N4O8/c23-13-3-1-2-12-22(24,20(27)33-14-16-4-8-18(9-5-16)25(29)30)21(28)34-15-17-6-10-19(11-7-17)26(31)32/h4-11H,1-3,12-15,23-24H2. The SMILES string of the molecule is NCCCCCC(N)(C(=O)OCc1ccc([N+](=O)[O-])cc1)C(=O)OCc1ccc([N+](=O)[O-])cc1. The zero-order valence-corrected chi connectivity index (χ0v) is 18.4. The minimum atomic E-state index is -2.07. The Balaban J connectivity index is 2.05. The van der Waals surface area contributed by atoms with Gasteiger partial charge in [0.05, 0.1) is 9.85 Å². The van der Waals surface area contributed by atoms with Crippen molar-refractivity contribution in [3.8, 4) is 0 Å². The smallest absolute Gasteiger partial charge is 0.338 e. The lowest BCUT2D eigenvalue weighted by Crippen LogP contribution is -2.56. The number of nitrogens with two attached hydrogens (primary N) is 2. The Labute approximate surface area is 195 Å². The zero-order chi connectivity index (χ0) is 25.1. The summed E-state index contributed by atoms with van der Waals surface area (Å²) in [4.78, 5) is 46.0. The average Bonchev–Trinajstić information content (AvgIpc) is 2.83. The van der Waals surface area contributed by atoms with E-state index in [1.165, 1.54) is 48.5 Å². The van der Waals surface area contributed by atoms with Crippen molar-refractivity contribution in [1.29, 1.82) is 0 Å². The molecule has 2 rings (SSSR count). The van der Waals surface area contributed by atoms with E-state index in [1.807, 2.05) is 0 Å². The second-order valence-corrected chi connectivity index (χ2v) is 7.57. The van der Waals surface area contributed by atoms with Crippen molar-refractivity contribution >= 4 is 23.3 Å². The minimum absolute atomic E-state index is 0.0365. The monoisotopic (exact) mass is 474 g/mol. The van der Waals surface area contributed by atoms with E-state index in [0.29, 0.717) is 36.9 Å². The Morgan fingerprint density at radius 1 is 0.765 bits per heavy atom. The molecule has 2 aromatic carbocycles. The highest BCUT2D eigenvalue weighted by Crippen LogP contribution is 2.20. The van der Waals surface area contributed by atoms with Crippen LogP contribution in [0.2, 0.25) is 0 Å². The normalized spacial score (nSPS) is 11.0. The van der Waals surface area contributed by atoms with Crippen LogP contribution in [0, 0.1) is 20.2 Å². The number of hydrogen-bond acceptors (Lipinski definition) is 10. The molecule has 12 nitrogen and oxygen atoms in total. The van der Waals surface area contributed by atoms with Gasteiger partial charge in [0.2, 0.25) is 5.54 Å². The van der Waals surface area contributed by atoms with Gasteiger partial charge in [0.1, 0.15) is 13.2 Å². The lowest BCUT2D eigenvalue weighted by molar-refractivity contribution is -0.385. The van der Waals surface area contributed by atoms with E-state index in [2.05, 4.69) is 0 Å². The highest BCUT2D eigenvalue weighted by molar-refractivity contribution is 6.04. The second kappa shape index (κ2) is 12.4. The highest BCUT2D eigenvalue weighted by Gasteiger charge is 2.45. The number of nitro groups is 2. The number of ether oxygens (including phenoxy) is 2. The number of hydrogen-bond donors (Lipinski definition) is 2. The summed E-state index contributed by atoms with van der Waals surface area (Å²) in [5, 5.41) is 21.5. The maximum Gasteiger partial charge on any atom is 0.338 e. The van der Waals surface area contributed by atoms with Crippen LogP contribution in [0.1, 0.15) is 36.8 Å². The highest BCUT2D eigenvalue weighted by atomic mass is 16.6. The molecule has 0 atom stereocenters. The molecule has 0 radical (unpaired) electrons. The molecular weight excluding hydrogens is 448 g/mol. The molecule has 0 aliphatic rings. The van der Waals surface area contributed by atoms with Crippen LogP contribution < -0.4 is 11.5 Å². The summed E-state index contributed by atoms with van der Waals surface area (Å²) in [5.74, 6) is -1.99. The summed E-state index contributed by atoms with van der Waals surface area (Å²) < 4.78 is 10.5. The molecule has 0 aliphatic carbocycles. The van der Waals surface area contributed by atoms with Crippen molar-refractivity contribution in [2.75, 3.05) is 6.54 Å².